The largest absolute Gasteiger partial charge is 0.497 e. The minimum absolute atomic E-state index is 0.657. The molecule has 108 valence electrons. The molecule has 0 amide bonds. The number of hydrogen-bond acceptors (Lipinski definition) is 5. The zero-order chi connectivity index (χ0) is 14.7. The van der Waals surface area contributed by atoms with Gasteiger partial charge in [0.05, 0.1) is 23.9 Å². The lowest BCUT2D eigenvalue weighted by atomic mass is 10.3. The predicted octanol–water partition coefficient (Wildman–Crippen LogP) is 4.45. The van der Waals surface area contributed by atoms with Crippen molar-refractivity contribution in [2.75, 3.05) is 19.0 Å². The van der Waals surface area contributed by atoms with Crippen LogP contribution < -0.4 is 14.8 Å². The maximum Gasteiger partial charge on any atom is 0.188 e. The van der Waals surface area contributed by atoms with E-state index < -0.39 is 0 Å². The number of rotatable bonds is 5. The van der Waals surface area contributed by atoms with Crippen molar-refractivity contribution in [1.29, 1.82) is 0 Å². The summed E-state index contributed by atoms with van der Waals surface area (Å²) in [5, 5.41) is 4.17. The zero-order valence-corrected chi connectivity index (χ0v) is 12.7. The Hall–Kier alpha value is -2.27. The average molecular weight is 300 g/mol. The van der Waals surface area contributed by atoms with Crippen molar-refractivity contribution in [1.82, 2.24) is 4.98 Å². The molecule has 0 unspecified atom stereocenters. The van der Waals surface area contributed by atoms with Crippen LogP contribution >= 0.6 is 11.3 Å². The van der Waals surface area contributed by atoms with Crippen molar-refractivity contribution >= 4 is 32.4 Å². The lowest BCUT2D eigenvalue weighted by Gasteiger charge is -2.06. The highest BCUT2D eigenvalue weighted by molar-refractivity contribution is 7.22. The fourth-order valence-corrected chi connectivity index (χ4v) is 2.95. The molecule has 0 radical (unpaired) electrons. The number of ether oxygens (including phenoxy) is 2. The first-order valence-corrected chi connectivity index (χ1v) is 7.54. The Morgan fingerprint density at radius 1 is 1.14 bits per heavy atom. The summed E-state index contributed by atoms with van der Waals surface area (Å²) in [6, 6.07) is 13.7. The van der Waals surface area contributed by atoms with Crippen molar-refractivity contribution < 1.29 is 9.47 Å². The third-order valence-electron chi connectivity index (χ3n) is 2.99. The van der Waals surface area contributed by atoms with E-state index >= 15 is 0 Å². The van der Waals surface area contributed by atoms with Gasteiger partial charge in [-0.25, -0.2) is 4.98 Å². The van der Waals surface area contributed by atoms with Gasteiger partial charge in [-0.2, -0.15) is 0 Å². The Labute approximate surface area is 127 Å². The quantitative estimate of drug-likeness (QED) is 0.756. The monoisotopic (exact) mass is 300 g/mol. The summed E-state index contributed by atoms with van der Waals surface area (Å²) in [6.45, 7) is 2.63. The smallest absolute Gasteiger partial charge is 0.188 e. The van der Waals surface area contributed by atoms with Crippen LogP contribution in [0.3, 0.4) is 0 Å². The van der Waals surface area contributed by atoms with E-state index in [1.54, 1.807) is 18.4 Å². The standard InChI is InChI=1S/C16H16N2O2S/c1-3-20-13-6-4-5-11(9-13)17-16-18-14-8-7-12(19-2)10-15(14)21-16/h4-10H,3H2,1-2H3,(H,17,18). The molecule has 3 aromatic rings. The molecular weight excluding hydrogens is 284 g/mol. The number of anilines is 2. The molecule has 5 heteroatoms. The second-order valence-electron chi connectivity index (χ2n) is 4.44. The Kier molecular flexibility index (Phi) is 3.92. The van der Waals surface area contributed by atoms with Crippen LogP contribution in [-0.2, 0) is 0 Å². The summed E-state index contributed by atoms with van der Waals surface area (Å²) in [5.41, 5.74) is 1.93. The Morgan fingerprint density at radius 2 is 2.05 bits per heavy atom. The zero-order valence-electron chi connectivity index (χ0n) is 11.9. The minimum Gasteiger partial charge on any atom is -0.497 e. The molecule has 1 heterocycles. The average Bonchev–Trinajstić information content (AvgIpc) is 2.89. The van der Waals surface area contributed by atoms with Gasteiger partial charge in [0.1, 0.15) is 11.5 Å². The number of nitrogens with zero attached hydrogens (tertiary/aromatic N) is 1. The van der Waals surface area contributed by atoms with Gasteiger partial charge in [0.2, 0.25) is 0 Å². The van der Waals surface area contributed by atoms with Crippen LogP contribution in [0.4, 0.5) is 10.8 Å². The molecule has 0 aliphatic heterocycles. The van der Waals surface area contributed by atoms with Gasteiger partial charge in [-0.05, 0) is 37.3 Å². The summed E-state index contributed by atoms with van der Waals surface area (Å²) < 4.78 is 11.8. The van der Waals surface area contributed by atoms with E-state index in [0.29, 0.717) is 6.61 Å². The molecule has 0 fully saturated rings. The minimum atomic E-state index is 0.657. The summed E-state index contributed by atoms with van der Waals surface area (Å²) in [5.74, 6) is 1.70. The summed E-state index contributed by atoms with van der Waals surface area (Å²) >= 11 is 1.60. The second kappa shape index (κ2) is 6.01. The first kappa shape index (κ1) is 13.7. The number of fused-ring (bicyclic) bond motifs is 1. The second-order valence-corrected chi connectivity index (χ2v) is 5.47. The Bertz CT molecular complexity index is 755. The van der Waals surface area contributed by atoms with E-state index in [-0.39, 0.29) is 0 Å². The van der Waals surface area contributed by atoms with Crippen LogP contribution in [0, 0.1) is 0 Å². The topological polar surface area (TPSA) is 43.4 Å². The molecule has 2 aromatic carbocycles. The van der Waals surface area contributed by atoms with Crippen molar-refractivity contribution in [3.63, 3.8) is 0 Å². The third-order valence-corrected chi connectivity index (χ3v) is 3.93. The Balaban J connectivity index is 1.85. The summed E-state index contributed by atoms with van der Waals surface area (Å²) in [4.78, 5) is 4.57. The maximum absolute atomic E-state index is 5.50. The van der Waals surface area contributed by atoms with E-state index in [0.717, 1.165) is 32.5 Å². The van der Waals surface area contributed by atoms with Crippen molar-refractivity contribution in [3.8, 4) is 11.5 Å². The molecular formula is C16H16N2O2S. The van der Waals surface area contributed by atoms with E-state index in [2.05, 4.69) is 10.3 Å². The van der Waals surface area contributed by atoms with Crippen LogP contribution in [-0.4, -0.2) is 18.7 Å². The summed E-state index contributed by atoms with van der Waals surface area (Å²) in [7, 11) is 1.67. The SMILES string of the molecule is CCOc1cccc(Nc2nc3ccc(OC)cc3s2)c1. The van der Waals surface area contributed by atoms with Gasteiger partial charge in [-0.15, -0.1) is 0 Å². The summed E-state index contributed by atoms with van der Waals surface area (Å²) in [6.07, 6.45) is 0. The number of hydrogen-bond donors (Lipinski definition) is 1. The molecule has 0 aliphatic rings. The lowest BCUT2D eigenvalue weighted by molar-refractivity contribution is 0.340. The molecule has 4 nitrogen and oxygen atoms in total. The molecule has 1 N–H and O–H groups in total. The fraction of sp³-hybridized carbons (Fsp3) is 0.188. The highest BCUT2D eigenvalue weighted by atomic mass is 32.1. The predicted molar refractivity (Wildman–Crippen MR) is 87.1 cm³/mol. The molecule has 3 rings (SSSR count). The van der Waals surface area contributed by atoms with Crippen LogP contribution in [0.25, 0.3) is 10.2 Å². The molecule has 0 saturated carbocycles. The first-order valence-electron chi connectivity index (χ1n) is 6.73. The van der Waals surface area contributed by atoms with Gasteiger partial charge in [0.25, 0.3) is 0 Å². The molecule has 0 atom stereocenters. The van der Waals surface area contributed by atoms with E-state index in [9.17, 15) is 0 Å². The highest BCUT2D eigenvalue weighted by Crippen LogP contribution is 2.31. The molecule has 0 saturated heterocycles. The third kappa shape index (κ3) is 3.08. The van der Waals surface area contributed by atoms with Crippen LogP contribution in [0.15, 0.2) is 42.5 Å². The molecule has 0 aliphatic carbocycles. The van der Waals surface area contributed by atoms with Crippen molar-refractivity contribution in [2.45, 2.75) is 6.92 Å². The van der Waals surface area contributed by atoms with E-state index in [1.165, 1.54) is 0 Å². The molecule has 0 bridgehead atoms. The van der Waals surface area contributed by atoms with E-state index in [1.807, 2.05) is 49.4 Å². The van der Waals surface area contributed by atoms with Gasteiger partial charge in [-0.1, -0.05) is 17.4 Å². The highest BCUT2D eigenvalue weighted by Gasteiger charge is 2.06. The molecule has 0 spiro atoms. The van der Waals surface area contributed by atoms with Crippen LogP contribution in [0.5, 0.6) is 11.5 Å². The van der Waals surface area contributed by atoms with Crippen molar-refractivity contribution in [2.24, 2.45) is 0 Å². The van der Waals surface area contributed by atoms with Gasteiger partial charge >= 0.3 is 0 Å². The van der Waals surface area contributed by atoms with Gasteiger partial charge in [-0.3, -0.25) is 0 Å². The number of methoxy groups -OCH3 is 1. The number of thiazole rings is 1. The van der Waals surface area contributed by atoms with Crippen molar-refractivity contribution in [3.05, 3.63) is 42.5 Å². The van der Waals surface area contributed by atoms with Crippen LogP contribution in [0.1, 0.15) is 6.92 Å². The molecule has 1 aromatic heterocycles. The van der Waals surface area contributed by atoms with Gasteiger partial charge < -0.3 is 14.8 Å². The molecule has 21 heavy (non-hydrogen) atoms. The number of nitrogens with one attached hydrogen (secondary N) is 1. The van der Waals surface area contributed by atoms with Gasteiger partial charge in [0.15, 0.2) is 5.13 Å². The van der Waals surface area contributed by atoms with Gasteiger partial charge in [0, 0.05) is 11.8 Å². The Morgan fingerprint density at radius 3 is 2.86 bits per heavy atom. The van der Waals surface area contributed by atoms with Crippen LogP contribution in [0.2, 0.25) is 0 Å². The number of benzene rings is 2. The number of aromatic nitrogens is 1. The fourth-order valence-electron chi connectivity index (χ4n) is 2.04. The first-order chi connectivity index (χ1) is 10.3. The lowest BCUT2D eigenvalue weighted by Crippen LogP contribution is -1.93. The van der Waals surface area contributed by atoms with E-state index in [4.69, 9.17) is 9.47 Å². The maximum atomic E-state index is 5.50. The normalized spacial score (nSPS) is 10.6.